The topological polar surface area (TPSA) is 66.2 Å². The van der Waals surface area contributed by atoms with E-state index in [0.717, 1.165) is 30.7 Å². The third-order valence-electron chi connectivity index (χ3n) is 5.76. The smallest absolute Gasteiger partial charge is 0.131 e. The number of benzene rings is 1. The molecule has 2 aromatic rings. The van der Waals surface area contributed by atoms with Gasteiger partial charge in [0.1, 0.15) is 5.82 Å². The molecule has 0 radical (unpaired) electrons. The number of nitrogen functional groups attached to an aromatic ring is 1. The van der Waals surface area contributed by atoms with Crippen LogP contribution in [0.1, 0.15) is 24.8 Å². The van der Waals surface area contributed by atoms with Gasteiger partial charge in [-0.1, -0.05) is 18.2 Å². The Morgan fingerprint density at radius 1 is 1.27 bits per heavy atom. The molecule has 1 aromatic heterocycles. The molecule has 2 aliphatic rings. The van der Waals surface area contributed by atoms with Crippen molar-refractivity contribution in [3.63, 3.8) is 0 Å². The fourth-order valence-electron chi connectivity index (χ4n) is 4.06. The summed E-state index contributed by atoms with van der Waals surface area (Å²) < 4.78 is 0. The van der Waals surface area contributed by atoms with Crippen molar-refractivity contribution in [3.8, 4) is 0 Å². The molecule has 26 heavy (non-hydrogen) atoms. The summed E-state index contributed by atoms with van der Waals surface area (Å²) >= 11 is 0. The van der Waals surface area contributed by atoms with Crippen LogP contribution in [0.25, 0.3) is 10.8 Å². The summed E-state index contributed by atoms with van der Waals surface area (Å²) in [5.74, 6) is 1.42. The van der Waals surface area contributed by atoms with Crippen LogP contribution >= 0.6 is 0 Å². The summed E-state index contributed by atoms with van der Waals surface area (Å²) in [7, 11) is 2.22. The minimum atomic E-state index is 0.464. The van der Waals surface area contributed by atoms with E-state index in [9.17, 15) is 0 Å². The maximum absolute atomic E-state index is 5.95. The molecule has 0 aliphatic carbocycles. The van der Waals surface area contributed by atoms with Crippen LogP contribution in [-0.2, 0) is 6.42 Å². The molecule has 0 amide bonds. The van der Waals surface area contributed by atoms with E-state index in [2.05, 4.69) is 52.0 Å². The number of hydrogen-bond acceptors (Lipinski definition) is 5. The van der Waals surface area contributed by atoms with E-state index in [1.807, 2.05) is 6.07 Å². The highest BCUT2D eigenvalue weighted by molar-refractivity contribution is 5.91. The van der Waals surface area contributed by atoms with Gasteiger partial charge in [-0.25, -0.2) is 4.98 Å². The van der Waals surface area contributed by atoms with Gasteiger partial charge in [0.2, 0.25) is 0 Å². The SMILES string of the molecule is CN1CCC(CNC2=CNC(Cc3ccc4c(N)nccc4c3)C2)CC1. The van der Waals surface area contributed by atoms with Crippen molar-refractivity contribution < 1.29 is 0 Å². The van der Waals surface area contributed by atoms with Gasteiger partial charge in [0.25, 0.3) is 0 Å². The van der Waals surface area contributed by atoms with E-state index in [-0.39, 0.29) is 0 Å². The lowest BCUT2D eigenvalue weighted by Crippen LogP contribution is -2.34. The second-order valence-electron chi connectivity index (χ2n) is 7.82. The number of piperidine rings is 1. The maximum Gasteiger partial charge on any atom is 0.131 e. The van der Waals surface area contributed by atoms with Crippen molar-refractivity contribution in [1.29, 1.82) is 0 Å². The number of nitrogens with one attached hydrogen (secondary N) is 2. The number of pyridine rings is 1. The minimum absolute atomic E-state index is 0.464. The van der Waals surface area contributed by atoms with Crippen LogP contribution in [0.3, 0.4) is 0 Å². The fraction of sp³-hybridized carbons (Fsp3) is 0.476. The highest BCUT2D eigenvalue weighted by Crippen LogP contribution is 2.23. The second-order valence-corrected chi connectivity index (χ2v) is 7.82. The molecule has 1 aromatic carbocycles. The molecule has 2 aliphatic heterocycles. The van der Waals surface area contributed by atoms with Crippen LogP contribution in [0.4, 0.5) is 5.82 Å². The number of likely N-dealkylation sites (tertiary alicyclic amines) is 1. The highest BCUT2D eigenvalue weighted by Gasteiger charge is 2.20. The zero-order chi connectivity index (χ0) is 17.9. The lowest BCUT2D eigenvalue weighted by atomic mass is 9.97. The Balaban J connectivity index is 1.28. The third kappa shape index (κ3) is 3.93. The average molecular weight is 351 g/mol. The first kappa shape index (κ1) is 17.2. The molecule has 0 spiro atoms. The van der Waals surface area contributed by atoms with Gasteiger partial charge in [0, 0.05) is 42.5 Å². The number of anilines is 1. The highest BCUT2D eigenvalue weighted by atomic mass is 15.1. The number of rotatable bonds is 5. The average Bonchev–Trinajstić information content (AvgIpc) is 3.09. The van der Waals surface area contributed by atoms with E-state index < -0.39 is 0 Å². The molecular formula is C21H29N5. The molecule has 1 saturated heterocycles. The summed E-state index contributed by atoms with van der Waals surface area (Å²) in [5.41, 5.74) is 8.64. The van der Waals surface area contributed by atoms with Crippen molar-refractivity contribution in [3.05, 3.63) is 47.9 Å². The molecule has 0 saturated carbocycles. The summed E-state index contributed by atoms with van der Waals surface area (Å²) in [4.78, 5) is 6.59. The molecule has 0 bridgehead atoms. The molecule has 3 heterocycles. The Morgan fingerprint density at radius 3 is 2.96 bits per heavy atom. The monoisotopic (exact) mass is 351 g/mol. The summed E-state index contributed by atoms with van der Waals surface area (Å²) in [6.45, 7) is 3.57. The van der Waals surface area contributed by atoms with Crippen LogP contribution in [0.5, 0.6) is 0 Å². The van der Waals surface area contributed by atoms with Gasteiger partial charge in [-0.2, -0.15) is 0 Å². The Bertz CT molecular complexity index is 792. The number of hydrogen-bond donors (Lipinski definition) is 3. The Kier molecular flexibility index (Phi) is 4.98. The lowest BCUT2D eigenvalue weighted by molar-refractivity contribution is 0.218. The van der Waals surface area contributed by atoms with Crippen molar-refractivity contribution >= 4 is 16.6 Å². The number of fused-ring (bicyclic) bond motifs is 1. The predicted octanol–water partition coefficient (Wildman–Crippen LogP) is 2.49. The molecule has 4 rings (SSSR count). The van der Waals surface area contributed by atoms with Gasteiger partial charge in [-0.3, -0.25) is 0 Å². The molecular weight excluding hydrogens is 322 g/mol. The van der Waals surface area contributed by atoms with Gasteiger partial charge in [-0.15, -0.1) is 0 Å². The Morgan fingerprint density at radius 2 is 2.12 bits per heavy atom. The summed E-state index contributed by atoms with van der Waals surface area (Å²) in [6.07, 6.45) is 8.66. The van der Waals surface area contributed by atoms with E-state index in [0.29, 0.717) is 11.9 Å². The normalized spacial score (nSPS) is 21.6. The van der Waals surface area contributed by atoms with Crippen LogP contribution < -0.4 is 16.4 Å². The van der Waals surface area contributed by atoms with Crippen molar-refractivity contribution in [2.45, 2.75) is 31.7 Å². The summed E-state index contributed by atoms with van der Waals surface area (Å²) in [6, 6.07) is 9.00. The molecule has 1 atom stereocenters. The Hall–Kier alpha value is -2.27. The predicted molar refractivity (Wildman–Crippen MR) is 108 cm³/mol. The largest absolute Gasteiger partial charge is 0.387 e. The van der Waals surface area contributed by atoms with Crippen LogP contribution in [-0.4, -0.2) is 42.6 Å². The lowest BCUT2D eigenvalue weighted by Gasteiger charge is -2.29. The zero-order valence-corrected chi connectivity index (χ0v) is 15.5. The van der Waals surface area contributed by atoms with Crippen LogP contribution in [0.2, 0.25) is 0 Å². The third-order valence-corrected chi connectivity index (χ3v) is 5.76. The molecule has 5 nitrogen and oxygen atoms in total. The van der Waals surface area contributed by atoms with Crippen molar-refractivity contribution in [2.24, 2.45) is 5.92 Å². The maximum atomic E-state index is 5.95. The van der Waals surface area contributed by atoms with E-state index in [4.69, 9.17) is 5.73 Å². The molecule has 138 valence electrons. The zero-order valence-electron chi connectivity index (χ0n) is 15.5. The van der Waals surface area contributed by atoms with Crippen LogP contribution in [0, 0.1) is 5.92 Å². The number of nitrogens with zero attached hydrogens (tertiary/aromatic N) is 2. The first-order valence-electron chi connectivity index (χ1n) is 9.68. The van der Waals surface area contributed by atoms with Gasteiger partial charge in [0.05, 0.1) is 0 Å². The number of nitrogens with two attached hydrogens (primary N) is 1. The fourth-order valence-corrected chi connectivity index (χ4v) is 4.06. The van der Waals surface area contributed by atoms with Crippen LogP contribution in [0.15, 0.2) is 42.4 Å². The quantitative estimate of drug-likeness (QED) is 0.772. The molecule has 4 N–H and O–H groups in total. The van der Waals surface area contributed by atoms with Crippen molar-refractivity contribution in [2.75, 3.05) is 32.4 Å². The van der Waals surface area contributed by atoms with Gasteiger partial charge in [-0.05, 0) is 62.3 Å². The van der Waals surface area contributed by atoms with Crippen molar-refractivity contribution in [1.82, 2.24) is 20.5 Å². The molecule has 5 heteroatoms. The van der Waals surface area contributed by atoms with Gasteiger partial charge in [0.15, 0.2) is 0 Å². The Labute approximate surface area is 155 Å². The standard InChI is InChI=1S/C21H29N5/c1-26-8-5-15(6-9-26)13-24-19-12-18(25-14-19)11-16-2-3-20-17(10-16)4-7-23-21(20)22/h2-4,7,10,14-15,18,24-25H,5-6,8-9,11-13H2,1H3,(H2,22,23). The van der Waals surface area contributed by atoms with Gasteiger partial charge < -0.3 is 21.3 Å². The van der Waals surface area contributed by atoms with Gasteiger partial charge >= 0.3 is 0 Å². The summed E-state index contributed by atoms with van der Waals surface area (Å²) in [5, 5.41) is 9.42. The number of aromatic nitrogens is 1. The van der Waals surface area contributed by atoms with E-state index >= 15 is 0 Å². The molecule has 1 fully saturated rings. The first-order valence-corrected chi connectivity index (χ1v) is 9.68. The second kappa shape index (κ2) is 7.54. The van der Waals surface area contributed by atoms with E-state index in [1.54, 1.807) is 6.20 Å². The van der Waals surface area contributed by atoms with E-state index in [1.165, 1.54) is 42.6 Å². The minimum Gasteiger partial charge on any atom is -0.387 e. The molecule has 1 unspecified atom stereocenters. The first-order chi connectivity index (χ1) is 12.7.